The van der Waals surface area contributed by atoms with Crippen LogP contribution in [-0.4, -0.2) is 9.55 Å². The summed E-state index contributed by atoms with van der Waals surface area (Å²) in [5, 5.41) is 0.661. The smallest absolute Gasteiger partial charge is 0.262 e. The van der Waals surface area contributed by atoms with Gasteiger partial charge in [-0.25, -0.2) is 0 Å². The molecule has 0 radical (unpaired) electrons. The van der Waals surface area contributed by atoms with Gasteiger partial charge >= 0.3 is 0 Å². The maximum Gasteiger partial charge on any atom is 0.262 e. The van der Waals surface area contributed by atoms with Crippen LogP contribution in [0.5, 0.6) is 0 Å². The van der Waals surface area contributed by atoms with Gasteiger partial charge in [0.15, 0.2) is 4.77 Å². The highest BCUT2D eigenvalue weighted by Gasteiger charge is 2.05. The van der Waals surface area contributed by atoms with Crippen LogP contribution in [0.1, 0.15) is 11.1 Å². The van der Waals surface area contributed by atoms with Crippen LogP contribution >= 0.6 is 12.2 Å². The number of nitrogens with zero attached hydrogens (tertiary/aromatic N) is 1. The highest BCUT2D eigenvalue weighted by atomic mass is 32.1. The molecule has 0 atom stereocenters. The van der Waals surface area contributed by atoms with Crippen molar-refractivity contribution in [3.63, 3.8) is 0 Å². The van der Waals surface area contributed by atoms with Gasteiger partial charge < -0.3 is 4.98 Å². The molecule has 0 aliphatic heterocycles. The Bertz CT molecular complexity index is 893. The molecule has 2 aromatic carbocycles. The van der Waals surface area contributed by atoms with Crippen molar-refractivity contribution in [2.24, 2.45) is 0 Å². The van der Waals surface area contributed by atoms with Gasteiger partial charge in [-0.05, 0) is 36.8 Å². The number of hydrogen-bond donors (Lipinski definition) is 1. The van der Waals surface area contributed by atoms with Crippen LogP contribution in [0.15, 0.2) is 53.3 Å². The molecule has 0 bridgehead atoms. The van der Waals surface area contributed by atoms with Gasteiger partial charge in [0.25, 0.3) is 5.56 Å². The van der Waals surface area contributed by atoms with Crippen molar-refractivity contribution in [3.8, 4) is 0 Å². The Kier molecular flexibility index (Phi) is 3.24. The highest BCUT2D eigenvalue weighted by molar-refractivity contribution is 7.71. The Hall–Kier alpha value is -2.20. The number of aromatic nitrogens is 2. The summed E-state index contributed by atoms with van der Waals surface area (Å²) in [6, 6.07) is 15.5. The number of fused-ring (bicyclic) bond motifs is 1. The third-order valence-corrected chi connectivity index (χ3v) is 3.63. The average molecular weight is 282 g/mol. The Morgan fingerprint density at radius 3 is 2.75 bits per heavy atom. The van der Waals surface area contributed by atoms with Crippen molar-refractivity contribution in [2.45, 2.75) is 13.5 Å². The summed E-state index contributed by atoms with van der Waals surface area (Å²) in [4.78, 5) is 15.6. The second-order valence-corrected chi connectivity index (χ2v) is 5.24. The quantitative estimate of drug-likeness (QED) is 0.731. The SMILES string of the molecule is Cc1cccc(Cn2c(=S)[nH]c3ccccc3c2=O)c1. The molecule has 20 heavy (non-hydrogen) atoms. The minimum Gasteiger partial charge on any atom is -0.332 e. The molecule has 3 rings (SSSR count). The van der Waals surface area contributed by atoms with E-state index in [4.69, 9.17) is 12.2 Å². The molecule has 3 aromatic rings. The molecule has 0 spiro atoms. The Balaban J connectivity index is 2.17. The number of aromatic amines is 1. The lowest BCUT2D eigenvalue weighted by Crippen LogP contribution is -2.22. The molecule has 0 saturated heterocycles. The minimum absolute atomic E-state index is 0.0501. The normalized spacial score (nSPS) is 10.8. The minimum atomic E-state index is -0.0501. The highest BCUT2D eigenvalue weighted by Crippen LogP contribution is 2.09. The monoisotopic (exact) mass is 282 g/mol. The van der Waals surface area contributed by atoms with Crippen LogP contribution in [0.3, 0.4) is 0 Å². The van der Waals surface area contributed by atoms with E-state index in [9.17, 15) is 4.79 Å². The number of H-pyrrole nitrogens is 1. The van der Waals surface area contributed by atoms with Crippen LogP contribution in [0, 0.1) is 11.7 Å². The molecular weight excluding hydrogens is 268 g/mol. The van der Waals surface area contributed by atoms with Crippen LogP contribution in [0.25, 0.3) is 10.9 Å². The predicted octanol–water partition coefficient (Wildman–Crippen LogP) is 3.42. The molecule has 0 saturated carbocycles. The molecule has 100 valence electrons. The topological polar surface area (TPSA) is 37.8 Å². The first-order chi connectivity index (χ1) is 9.65. The van der Waals surface area contributed by atoms with Gasteiger partial charge in [0, 0.05) is 0 Å². The van der Waals surface area contributed by atoms with Crippen molar-refractivity contribution < 1.29 is 0 Å². The van der Waals surface area contributed by atoms with Gasteiger partial charge in [-0.15, -0.1) is 0 Å². The second-order valence-electron chi connectivity index (χ2n) is 4.86. The Labute approximate surface area is 121 Å². The summed E-state index contributed by atoms with van der Waals surface area (Å²) in [6.45, 7) is 2.52. The lowest BCUT2D eigenvalue weighted by Gasteiger charge is -2.08. The first-order valence-corrected chi connectivity index (χ1v) is 6.83. The number of benzene rings is 2. The maximum absolute atomic E-state index is 12.5. The summed E-state index contributed by atoms with van der Waals surface area (Å²) < 4.78 is 2.06. The number of nitrogens with one attached hydrogen (secondary N) is 1. The zero-order chi connectivity index (χ0) is 14.1. The summed E-state index contributed by atoms with van der Waals surface area (Å²) in [7, 11) is 0. The number of rotatable bonds is 2. The fourth-order valence-electron chi connectivity index (χ4n) is 2.34. The van der Waals surface area contributed by atoms with E-state index in [0.717, 1.165) is 11.1 Å². The van der Waals surface area contributed by atoms with E-state index in [1.54, 1.807) is 4.57 Å². The molecule has 4 heteroatoms. The Morgan fingerprint density at radius 2 is 1.95 bits per heavy atom. The number of aryl methyl sites for hydroxylation is 1. The van der Waals surface area contributed by atoms with E-state index in [2.05, 4.69) is 11.1 Å². The average Bonchev–Trinajstić information content (AvgIpc) is 2.43. The lowest BCUT2D eigenvalue weighted by atomic mass is 10.1. The fraction of sp³-hybridized carbons (Fsp3) is 0.125. The van der Waals surface area contributed by atoms with Gasteiger partial charge in [-0.2, -0.15) is 0 Å². The van der Waals surface area contributed by atoms with E-state index >= 15 is 0 Å². The molecule has 0 amide bonds. The molecule has 0 fully saturated rings. The molecule has 1 aromatic heterocycles. The Morgan fingerprint density at radius 1 is 1.15 bits per heavy atom. The summed E-state index contributed by atoms with van der Waals surface area (Å²) in [5.74, 6) is 0. The van der Waals surface area contributed by atoms with E-state index < -0.39 is 0 Å². The van der Waals surface area contributed by atoms with Crippen LogP contribution < -0.4 is 5.56 Å². The molecule has 1 N–H and O–H groups in total. The van der Waals surface area contributed by atoms with E-state index in [-0.39, 0.29) is 5.56 Å². The first-order valence-electron chi connectivity index (χ1n) is 6.42. The molecule has 1 heterocycles. The molecule has 0 aliphatic rings. The standard InChI is InChI=1S/C16H14N2OS/c1-11-5-4-6-12(9-11)10-18-15(19)13-7-2-3-8-14(13)17-16(18)20/h2-9H,10H2,1H3,(H,17,20). The zero-order valence-electron chi connectivity index (χ0n) is 11.1. The van der Waals surface area contributed by atoms with Gasteiger partial charge in [0.2, 0.25) is 0 Å². The molecule has 0 aliphatic carbocycles. The van der Waals surface area contributed by atoms with E-state index in [0.29, 0.717) is 16.7 Å². The van der Waals surface area contributed by atoms with Gasteiger partial charge in [-0.3, -0.25) is 9.36 Å². The molecule has 3 nitrogen and oxygen atoms in total. The van der Waals surface area contributed by atoms with Gasteiger partial charge in [-0.1, -0.05) is 42.0 Å². The maximum atomic E-state index is 12.5. The number of hydrogen-bond acceptors (Lipinski definition) is 2. The third kappa shape index (κ3) is 2.30. The van der Waals surface area contributed by atoms with Crippen LogP contribution in [0.2, 0.25) is 0 Å². The predicted molar refractivity (Wildman–Crippen MR) is 83.7 cm³/mol. The number of para-hydroxylation sites is 1. The van der Waals surface area contributed by atoms with E-state index in [1.165, 1.54) is 5.56 Å². The summed E-state index contributed by atoms with van der Waals surface area (Å²) in [6.07, 6.45) is 0. The van der Waals surface area contributed by atoms with Crippen LogP contribution in [-0.2, 0) is 6.54 Å². The second kappa shape index (κ2) is 5.06. The van der Waals surface area contributed by atoms with Gasteiger partial charge in [0.1, 0.15) is 0 Å². The van der Waals surface area contributed by atoms with Crippen molar-refractivity contribution >= 4 is 23.1 Å². The van der Waals surface area contributed by atoms with Crippen molar-refractivity contribution in [3.05, 3.63) is 74.8 Å². The molecular formula is C16H14N2OS. The largest absolute Gasteiger partial charge is 0.332 e. The van der Waals surface area contributed by atoms with Crippen LogP contribution in [0.4, 0.5) is 0 Å². The van der Waals surface area contributed by atoms with Crippen molar-refractivity contribution in [1.29, 1.82) is 0 Å². The molecule has 0 unspecified atom stereocenters. The van der Waals surface area contributed by atoms with E-state index in [1.807, 2.05) is 49.4 Å². The van der Waals surface area contributed by atoms with Crippen molar-refractivity contribution in [2.75, 3.05) is 0 Å². The summed E-state index contributed by atoms with van der Waals surface area (Å²) >= 11 is 5.31. The first kappa shape index (κ1) is 12.8. The lowest BCUT2D eigenvalue weighted by molar-refractivity contribution is 0.734. The third-order valence-electron chi connectivity index (χ3n) is 3.31. The zero-order valence-corrected chi connectivity index (χ0v) is 11.9. The fourth-order valence-corrected chi connectivity index (χ4v) is 2.59. The van der Waals surface area contributed by atoms with Gasteiger partial charge in [0.05, 0.1) is 17.4 Å². The summed E-state index contributed by atoms with van der Waals surface area (Å²) in [5.41, 5.74) is 2.97. The van der Waals surface area contributed by atoms with Crippen molar-refractivity contribution in [1.82, 2.24) is 9.55 Å².